The minimum atomic E-state index is -4.80. The number of alkyl halides is 3. The Morgan fingerprint density at radius 2 is 1.95 bits per heavy atom. The molecule has 14 heteroatoms. The third kappa shape index (κ3) is 5.18. The van der Waals surface area contributed by atoms with Crippen molar-refractivity contribution in [2.45, 2.75) is 50.4 Å². The molecule has 200 valence electrons. The number of aromatic nitrogens is 3. The molecule has 0 aliphatic carbocycles. The minimum Gasteiger partial charge on any atom is -0.464 e. The highest BCUT2D eigenvalue weighted by molar-refractivity contribution is 7.91. The van der Waals surface area contributed by atoms with Crippen molar-refractivity contribution >= 4 is 39.3 Å². The molecular formula is C23H25F3N4O5S2. The quantitative estimate of drug-likeness (QED) is 0.289. The van der Waals surface area contributed by atoms with Gasteiger partial charge in [0.25, 0.3) is 10.0 Å². The number of rotatable bonds is 9. The fraction of sp³-hybridized carbons (Fsp3) is 0.391. The zero-order chi connectivity index (χ0) is 27.8. The van der Waals surface area contributed by atoms with E-state index in [9.17, 15) is 26.4 Å². The van der Waals surface area contributed by atoms with Crippen molar-refractivity contribution in [3.05, 3.63) is 59.0 Å². The number of ether oxygens (including phenoxy) is 2. The van der Waals surface area contributed by atoms with Gasteiger partial charge in [0, 0.05) is 30.6 Å². The standard InChI is InChI=1S/C23H25F3N4O5S2/c1-6-35-21(31)20(22(4,34-5)18-12-27-19-10-14(2)28-30(19)15(18)3)29(13-36)37(32,33)17-9-7-8-16(11-17)23(24,25)26/h7-13,20H,6H2,1-5H3. The largest absolute Gasteiger partial charge is 0.464 e. The first-order valence-electron chi connectivity index (χ1n) is 10.9. The van der Waals surface area contributed by atoms with Gasteiger partial charge in [0.15, 0.2) is 11.7 Å². The SMILES string of the molecule is CCOC(=O)C(N(C=S)S(=O)(=O)c1cccc(C(F)(F)F)c1)C(C)(OC)c1cnc2cc(C)nn2c1C. The fourth-order valence-electron chi connectivity index (χ4n) is 4.02. The van der Waals surface area contributed by atoms with Gasteiger partial charge in [-0.15, -0.1) is 0 Å². The summed E-state index contributed by atoms with van der Waals surface area (Å²) in [5, 5.41) is 4.37. The van der Waals surface area contributed by atoms with E-state index >= 15 is 0 Å². The number of hydrogen-bond donors (Lipinski definition) is 0. The van der Waals surface area contributed by atoms with Crippen LogP contribution in [0.15, 0.2) is 41.4 Å². The van der Waals surface area contributed by atoms with E-state index in [1.165, 1.54) is 31.7 Å². The van der Waals surface area contributed by atoms with Crippen molar-refractivity contribution in [3.63, 3.8) is 0 Å². The maximum Gasteiger partial charge on any atom is 0.416 e. The monoisotopic (exact) mass is 558 g/mol. The van der Waals surface area contributed by atoms with E-state index in [2.05, 4.69) is 10.1 Å². The Bertz CT molecular complexity index is 1440. The highest BCUT2D eigenvalue weighted by Crippen LogP contribution is 2.37. The van der Waals surface area contributed by atoms with Crippen LogP contribution >= 0.6 is 12.2 Å². The zero-order valence-corrected chi connectivity index (χ0v) is 22.2. The molecule has 0 spiro atoms. The number of nitrogens with zero attached hydrogens (tertiary/aromatic N) is 4. The summed E-state index contributed by atoms with van der Waals surface area (Å²) in [7, 11) is -3.55. The number of methoxy groups -OCH3 is 1. The molecule has 2 atom stereocenters. The van der Waals surface area contributed by atoms with Crippen LogP contribution in [0.5, 0.6) is 0 Å². The Labute approximate surface area is 217 Å². The molecule has 9 nitrogen and oxygen atoms in total. The summed E-state index contributed by atoms with van der Waals surface area (Å²) >= 11 is 4.99. The maximum atomic E-state index is 13.7. The van der Waals surface area contributed by atoms with E-state index in [0.29, 0.717) is 32.9 Å². The Morgan fingerprint density at radius 1 is 1.27 bits per heavy atom. The molecule has 3 aromatic rings. The second-order valence-corrected chi connectivity index (χ2v) is 10.3. The highest BCUT2D eigenvalue weighted by atomic mass is 32.2. The molecule has 37 heavy (non-hydrogen) atoms. The van der Waals surface area contributed by atoms with E-state index in [-0.39, 0.29) is 12.2 Å². The predicted molar refractivity (Wildman–Crippen MR) is 131 cm³/mol. The minimum absolute atomic E-state index is 0.112. The second-order valence-electron chi connectivity index (χ2n) is 8.24. The fourth-order valence-corrected chi connectivity index (χ4v) is 5.93. The second kappa shape index (κ2) is 10.3. The molecule has 0 N–H and O–H groups in total. The first-order valence-corrected chi connectivity index (χ1v) is 12.8. The normalized spacial score (nSPS) is 14.7. The molecule has 0 saturated carbocycles. The van der Waals surface area contributed by atoms with Crippen LogP contribution in [0.3, 0.4) is 0 Å². The number of esters is 1. The molecule has 0 aliphatic rings. The lowest BCUT2D eigenvalue weighted by Gasteiger charge is -2.40. The van der Waals surface area contributed by atoms with E-state index in [0.717, 1.165) is 18.2 Å². The first kappa shape index (κ1) is 28.5. The van der Waals surface area contributed by atoms with Gasteiger partial charge in [0.05, 0.1) is 28.3 Å². The van der Waals surface area contributed by atoms with Crippen LogP contribution in [-0.2, 0) is 36.1 Å². The zero-order valence-electron chi connectivity index (χ0n) is 20.6. The average molecular weight is 559 g/mol. The van der Waals surface area contributed by atoms with Gasteiger partial charge in [-0.05, 0) is 45.9 Å². The van der Waals surface area contributed by atoms with Crippen molar-refractivity contribution in [2.24, 2.45) is 0 Å². The number of fused-ring (bicyclic) bond motifs is 1. The summed E-state index contributed by atoms with van der Waals surface area (Å²) in [4.78, 5) is 16.9. The van der Waals surface area contributed by atoms with Crippen LogP contribution in [0.1, 0.15) is 36.4 Å². The molecule has 1 aromatic carbocycles. The van der Waals surface area contributed by atoms with Gasteiger partial charge < -0.3 is 9.47 Å². The lowest BCUT2D eigenvalue weighted by molar-refractivity contribution is -0.157. The molecule has 2 unspecified atom stereocenters. The first-order chi connectivity index (χ1) is 17.2. The lowest BCUT2D eigenvalue weighted by Crippen LogP contribution is -2.57. The lowest BCUT2D eigenvalue weighted by atomic mass is 9.87. The molecule has 2 heterocycles. The molecule has 0 saturated heterocycles. The van der Waals surface area contributed by atoms with E-state index < -0.39 is 44.3 Å². The summed E-state index contributed by atoms with van der Waals surface area (Å²) < 4.78 is 80.2. The van der Waals surface area contributed by atoms with Crippen LogP contribution < -0.4 is 0 Å². The van der Waals surface area contributed by atoms with Gasteiger partial charge in [0.2, 0.25) is 0 Å². The summed E-state index contributed by atoms with van der Waals surface area (Å²) in [5.74, 6) is -1.03. The molecule has 2 aromatic heterocycles. The molecular weight excluding hydrogens is 533 g/mol. The van der Waals surface area contributed by atoms with Gasteiger partial charge in [-0.25, -0.2) is 27.0 Å². The van der Waals surface area contributed by atoms with E-state index in [1.54, 1.807) is 19.9 Å². The van der Waals surface area contributed by atoms with Crippen molar-refractivity contribution in [2.75, 3.05) is 13.7 Å². The number of carbonyl (C=O) groups is 1. The van der Waals surface area contributed by atoms with Gasteiger partial charge in [-0.2, -0.15) is 18.3 Å². The van der Waals surface area contributed by atoms with Crippen LogP contribution in [0.4, 0.5) is 13.2 Å². The topological polar surface area (TPSA) is 103 Å². The van der Waals surface area contributed by atoms with Crippen molar-refractivity contribution < 1.29 is 35.9 Å². The Hall–Kier alpha value is -3.10. The van der Waals surface area contributed by atoms with Crippen molar-refractivity contribution in [3.8, 4) is 0 Å². The number of hydrogen-bond acceptors (Lipinski definition) is 8. The number of carbonyl (C=O) groups excluding carboxylic acids is 1. The van der Waals surface area contributed by atoms with Crippen molar-refractivity contribution in [1.82, 2.24) is 18.9 Å². The number of thiocarbonyl (C=S) groups is 1. The molecule has 0 aliphatic heterocycles. The Kier molecular flexibility index (Phi) is 7.96. The molecule has 0 fully saturated rings. The third-order valence-corrected chi connectivity index (χ3v) is 8.01. The molecule has 0 bridgehead atoms. The highest BCUT2D eigenvalue weighted by Gasteiger charge is 2.51. The summed E-state index contributed by atoms with van der Waals surface area (Å²) in [5.41, 5.74) is -0.327. The molecule has 0 radical (unpaired) electrons. The number of benzene rings is 1. The van der Waals surface area contributed by atoms with Crippen molar-refractivity contribution in [1.29, 1.82) is 0 Å². The maximum absolute atomic E-state index is 13.7. The Morgan fingerprint density at radius 3 is 2.51 bits per heavy atom. The van der Waals surface area contributed by atoms with Crippen LogP contribution in [-0.4, -0.2) is 58.5 Å². The van der Waals surface area contributed by atoms with Crippen LogP contribution in [0.2, 0.25) is 0 Å². The summed E-state index contributed by atoms with van der Waals surface area (Å²) in [6, 6.07) is 3.09. The summed E-state index contributed by atoms with van der Waals surface area (Å²) in [6.45, 7) is 6.29. The van der Waals surface area contributed by atoms with Crippen LogP contribution in [0.25, 0.3) is 5.65 Å². The van der Waals surface area contributed by atoms with Gasteiger partial charge in [0.1, 0.15) is 5.60 Å². The third-order valence-electron chi connectivity index (χ3n) is 5.93. The number of aryl methyl sites for hydroxylation is 2. The number of sulfonamides is 1. The molecule has 3 rings (SSSR count). The predicted octanol–water partition coefficient (Wildman–Crippen LogP) is 3.81. The van der Waals surface area contributed by atoms with Gasteiger partial charge in [-0.3, -0.25) is 0 Å². The van der Waals surface area contributed by atoms with Gasteiger partial charge >= 0.3 is 12.1 Å². The molecule has 0 amide bonds. The van der Waals surface area contributed by atoms with E-state index in [1.807, 2.05) is 0 Å². The van der Waals surface area contributed by atoms with E-state index in [4.69, 9.17) is 21.7 Å². The summed E-state index contributed by atoms with van der Waals surface area (Å²) in [6.07, 6.45) is -3.38. The number of halogens is 3. The Balaban J connectivity index is 2.26. The van der Waals surface area contributed by atoms with Gasteiger partial charge in [-0.1, -0.05) is 18.3 Å². The van der Waals surface area contributed by atoms with Crippen LogP contribution in [0, 0.1) is 13.8 Å². The average Bonchev–Trinajstić information content (AvgIpc) is 3.23. The smallest absolute Gasteiger partial charge is 0.416 e.